The molecule has 3 heterocycles. The van der Waals surface area contributed by atoms with Crippen molar-refractivity contribution < 1.29 is 18.4 Å². The summed E-state index contributed by atoms with van der Waals surface area (Å²) < 4.78 is 24.1. The van der Waals surface area contributed by atoms with E-state index >= 15 is 0 Å². The molecule has 0 radical (unpaired) electrons. The summed E-state index contributed by atoms with van der Waals surface area (Å²) in [4.78, 5) is 18.9. The fourth-order valence-electron chi connectivity index (χ4n) is 3.51. The van der Waals surface area contributed by atoms with Crippen molar-refractivity contribution in [3.05, 3.63) is 36.0 Å². The van der Waals surface area contributed by atoms with Crippen molar-refractivity contribution in [3.63, 3.8) is 0 Å². The molecule has 0 spiro atoms. The number of carbonyl (C=O) groups is 1. The predicted octanol–water partition coefficient (Wildman–Crippen LogP) is 2.62. The summed E-state index contributed by atoms with van der Waals surface area (Å²) >= 11 is 0. The van der Waals surface area contributed by atoms with E-state index in [0.717, 1.165) is 25.8 Å². The van der Waals surface area contributed by atoms with Crippen LogP contribution in [0.25, 0.3) is 11.4 Å². The smallest absolute Gasteiger partial charge is 0.231 e. The van der Waals surface area contributed by atoms with Crippen LogP contribution >= 0.6 is 0 Å². The van der Waals surface area contributed by atoms with Crippen LogP contribution in [0, 0.1) is 11.7 Å². The highest BCUT2D eigenvalue weighted by Crippen LogP contribution is 2.29. The van der Waals surface area contributed by atoms with Crippen LogP contribution in [-0.2, 0) is 9.53 Å². The van der Waals surface area contributed by atoms with E-state index in [2.05, 4.69) is 10.1 Å². The van der Waals surface area contributed by atoms with E-state index in [4.69, 9.17) is 9.26 Å². The number of hydrogen-bond acceptors (Lipinski definition) is 5. The van der Waals surface area contributed by atoms with Gasteiger partial charge in [0, 0.05) is 25.3 Å². The van der Waals surface area contributed by atoms with Gasteiger partial charge in [-0.15, -0.1) is 0 Å². The van der Waals surface area contributed by atoms with Gasteiger partial charge in [-0.25, -0.2) is 4.39 Å². The lowest BCUT2D eigenvalue weighted by Crippen LogP contribution is -2.42. The molecule has 1 aromatic heterocycles. The summed E-state index contributed by atoms with van der Waals surface area (Å²) in [6, 6.07) is 6.12. The second-order valence-corrected chi connectivity index (χ2v) is 6.65. The Balaban J connectivity index is 1.47. The van der Waals surface area contributed by atoms with Crippen LogP contribution in [0.15, 0.2) is 28.8 Å². The van der Waals surface area contributed by atoms with Crippen molar-refractivity contribution in [2.24, 2.45) is 5.92 Å². The number of halogens is 1. The Morgan fingerprint density at radius 2 is 2.24 bits per heavy atom. The van der Waals surface area contributed by atoms with Gasteiger partial charge in [-0.2, -0.15) is 4.98 Å². The van der Waals surface area contributed by atoms with Crippen LogP contribution in [0.5, 0.6) is 0 Å². The molecular weight excluding hydrogens is 325 g/mol. The molecule has 0 unspecified atom stereocenters. The lowest BCUT2D eigenvalue weighted by Gasteiger charge is -2.32. The number of carbonyl (C=O) groups excluding carboxylic acids is 1. The molecular formula is C18H20FN3O3. The van der Waals surface area contributed by atoms with E-state index in [1.807, 2.05) is 4.90 Å². The normalized spacial score (nSPS) is 23.8. The molecule has 1 aromatic carbocycles. The first-order chi connectivity index (χ1) is 12.2. The maximum atomic E-state index is 13.4. The second-order valence-electron chi connectivity index (χ2n) is 6.65. The molecule has 0 aliphatic carbocycles. The first-order valence-electron chi connectivity index (χ1n) is 8.67. The second kappa shape index (κ2) is 6.92. The number of benzene rings is 1. The molecule has 2 fully saturated rings. The van der Waals surface area contributed by atoms with Crippen molar-refractivity contribution in [3.8, 4) is 11.4 Å². The number of likely N-dealkylation sites (tertiary alicyclic amines) is 1. The lowest BCUT2D eigenvalue weighted by atomic mass is 9.96. The summed E-state index contributed by atoms with van der Waals surface area (Å²) in [5, 5.41) is 3.97. The Bertz CT molecular complexity index is 758. The Morgan fingerprint density at radius 1 is 1.32 bits per heavy atom. The quantitative estimate of drug-likeness (QED) is 0.855. The third-order valence-electron chi connectivity index (χ3n) is 4.89. The summed E-state index contributed by atoms with van der Waals surface area (Å²) in [7, 11) is 0. The molecule has 2 saturated heterocycles. The van der Waals surface area contributed by atoms with Gasteiger partial charge in [-0.1, -0.05) is 17.3 Å². The summed E-state index contributed by atoms with van der Waals surface area (Å²) in [5.74, 6) is 0.713. The zero-order valence-corrected chi connectivity index (χ0v) is 13.9. The molecule has 4 rings (SSSR count). The third-order valence-corrected chi connectivity index (χ3v) is 4.89. The minimum atomic E-state index is -0.336. The van der Waals surface area contributed by atoms with E-state index in [0.29, 0.717) is 37.0 Å². The molecule has 25 heavy (non-hydrogen) atoms. The molecule has 2 atom stereocenters. The monoisotopic (exact) mass is 345 g/mol. The van der Waals surface area contributed by atoms with Gasteiger partial charge in [0.25, 0.3) is 0 Å². The minimum Gasteiger partial charge on any atom is -0.381 e. The number of aromatic nitrogens is 2. The largest absolute Gasteiger partial charge is 0.381 e. The molecule has 2 aliphatic rings. The summed E-state index contributed by atoms with van der Waals surface area (Å²) in [5.41, 5.74) is 0.585. The van der Waals surface area contributed by atoms with Crippen LogP contribution in [0.3, 0.4) is 0 Å². The number of hydrogen-bond donors (Lipinski definition) is 0. The standard InChI is InChI=1S/C18H20FN3O3/c19-15-5-1-3-12(9-15)16-20-17(25-21-16)13-4-2-7-22(10-13)18(23)14-6-8-24-11-14/h1,3,5,9,13-14H,2,4,6-8,10-11H2/t13-,14-/m0/s1. The molecule has 2 aromatic rings. The van der Waals surface area contributed by atoms with Gasteiger partial charge in [-0.3, -0.25) is 4.79 Å². The topological polar surface area (TPSA) is 68.5 Å². The number of piperidine rings is 1. The highest BCUT2D eigenvalue weighted by atomic mass is 19.1. The molecule has 132 valence electrons. The highest BCUT2D eigenvalue weighted by molar-refractivity contribution is 5.79. The Kier molecular flexibility index (Phi) is 4.48. The van der Waals surface area contributed by atoms with Crippen LogP contribution < -0.4 is 0 Å². The van der Waals surface area contributed by atoms with Gasteiger partial charge in [-0.05, 0) is 31.4 Å². The van der Waals surface area contributed by atoms with Crippen LogP contribution in [-0.4, -0.2) is 47.3 Å². The van der Waals surface area contributed by atoms with Gasteiger partial charge in [0.1, 0.15) is 5.82 Å². The Hall–Kier alpha value is -2.28. The molecule has 0 saturated carbocycles. The summed E-state index contributed by atoms with van der Waals surface area (Å²) in [6.45, 7) is 2.52. The van der Waals surface area contributed by atoms with Gasteiger partial charge in [0.2, 0.25) is 17.6 Å². The molecule has 6 nitrogen and oxygen atoms in total. The van der Waals surface area contributed by atoms with E-state index in [9.17, 15) is 9.18 Å². The SMILES string of the molecule is O=C([C@H]1CCOC1)N1CCC[C@H](c2nc(-c3cccc(F)c3)no2)C1. The lowest BCUT2D eigenvalue weighted by molar-refractivity contribution is -0.136. The Labute approximate surface area is 145 Å². The van der Waals surface area contributed by atoms with Gasteiger partial charge in [0.15, 0.2) is 0 Å². The zero-order valence-electron chi connectivity index (χ0n) is 13.9. The fraction of sp³-hybridized carbons (Fsp3) is 0.500. The number of amides is 1. The van der Waals surface area contributed by atoms with Crippen molar-refractivity contribution in [1.82, 2.24) is 15.0 Å². The zero-order chi connectivity index (χ0) is 17.2. The predicted molar refractivity (Wildman–Crippen MR) is 87.2 cm³/mol. The molecule has 0 N–H and O–H groups in total. The van der Waals surface area contributed by atoms with E-state index < -0.39 is 0 Å². The van der Waals surface area contributed by atoms with Gasteiger partial charge >= 0.3 is 0 Å². The maximum absolute atomic E-state index is 13.4. The first kappa shape index (κ1) is 16.2. The van der Waals surface area contributed by atoms with Gasteiger partial charge in [0.05, 0.1) is 18.4 Å². The summed E-state index contributed by atoms with van der Waals surface area (Å²) in [6.07, 6.45) is 2.60. The van der Waals surface area contributed by atoms with Crippen molar-refractivity contribution >= 4 is 5.91 Å². The van der Waals surface area contributed by atoms with Gasteiger partial charge < -0.3 is 14.2 Å². The van der Waals surface area contributed by atoms with E-state index in [-0.39, 0.29) is 23.6 Å². The Morgan fingerprint density at radius 3 is 3.04 bits per heavy atom. The minimum absolute atomic E-state index is 0.0230. The van der Waals surface area contributed by atoms with Crippen LogP contribution in [0.4, 0.5) is 4.39 Å². The average Bonchev–Trinajstić information content (AvgIpc) is 3.33. The third kappa shape index (κ3) is 3.42. The van der Waals surface area contributed by atoms with E-state index in [1.54, 1.807) is 12.1 Å². The first-order valence-corrected chi connectivity index (χ1v) is 8.67. The molecule has 1 amide bonds. The average molecular weight is 345 g/mol. The van der Waals surface area contributed by atoms with Crippen LogP contribution in [0.1, 0.15) is 31.1 Å². The van der Waals surface area contributed by atoms with Crippen LogP contribution in [0.2, 0.25) is 0 Å². The number of ether oxygens (including phenoxy) is 1. The highest BCUT2D eigenvalue weighted by Gasteiger charge is 2.33. The van der Waals surface area contributed by atoms with E-state index in [1.165, 1.54) is 12.1 Å². The number of rotatable bonds is 3. The molecule has 7 heteroatoms. The van der Waals surface area contributed by atoms with Crippen molar-refractivity contribution in [2.45, 2.75) is 25.2 Å². The van der Waals surface area contributed by atoms with Crippen molar-refractivity contribution in [1.29, 1.82) is 0 Å². The molecule has 2 aliphatic heterocycles. The number of nitrogens with zero attached hydrogens (tertiary/aromatic N) is 3. The maximum Gasteiger partial charge on any atom is 0.231 e. The molecule has 0 bridgehead atoms. The van der Waals surface area contributed by atoms with Crippen molar-refractivity contribution in [2.75, 3.05) is 26.3 Å². The fourth-order valence-corrected chi connectivity index (χ4v) is 3.51.